The predicted octanol–water partition coefficient (Wildman–Crippen LogP) is 2.68. The van der Waals surface area contributed by atoms with Crippen molar-refractivity contribution in [3.8, 4) is 0 Å². The molecule has 16 heavy (non-hydrogen) atoms. The smallest absolute Gasteiger partial charge is 0.330 e. The molecular weight excluding hydrogens is 221 g/mol. The molecule has 0 radical (unpaired) electrons. The number of hydrogen-bond acceptors (Lipinski definition) is 2. The van der Waals surface area contributed by atoms with Crippen molar-refractivity contribution in [1.29, 1.82) is 0 Å². The van der Waals surface area contributed by atoms with Crippen LogP contribution in [0.4, 0.5) is 13.2 Å². The number of hydrogen-bond donors (Lipinski definition) is 0. The molecule has 86 valence electrons. The van der Waals surface area contributed by atoms with E-state index in [1.54, 1.807) is 6.92 Å². The van der Waals surface area contributed by atoms with E-state index in [0.29, 0.717) is 6.07 Å². The Hall–Kier alpha value is -1.78. The monoisotopic (exact) mass is 230 g/mol. The third-order valence-corrected chi connectivity index (χ3v) is 1.71. The molecule has 0 fully saturated rings. The van der Waals surface area contributed by atoms with E-state index in [1.807, 2.05) is 0 Å². The van der Waals surface area contributed by atoms with E-state index in [-0.39, 0.29) is 12.2 Å². The van der Waals surface area contributed by atoms with Crippen LogP contribution in [0.3, 0.4) is 0 Å². The zero-order valence-electron chi connectivity index (χ0n) is 8.47. The summed E-state index contributed by atoms with van der Waals surface area (Å²) in [6, 6.07) is 1.21. The van der Waals surface area contributed by atoms with Gasteiger partial charge in [-0.25, -0.2) is 18.0 Å². The zero-order valence-corrected chi connectivity index (χ0v) is 8.47. The summed E-state index contributed by atoms with van der Waals surface area (Å²) in [6.45, 7) is 1.78. The summed E-state index contributed by atoms with van der Waals surface area (Å²) >= 11 is 0. The van der Waals surface area contributed by atoms with Gasteiger partial charge in [0.15, 0.2) is 11.6 Å². The fraction of sp³-hybridized carbons (Fsp3) is 0.182. The number of esters is 1. The number of benzene rings is 1. The van der Waals surface area contributed by atoms with E-state index in [4.69, 9.17) is 0 Å². The minimum atomic E-state index is -1.30. The Labute approximate surface area is 90.3 Å². The molecule has 2 nitrogen and oxygen atoms in total. The van der Waals surface area contributed by atoms with Gasteiger partial charge in [0.1, 0.15) is 5.82 Å². The summed E-state index contributed by atoms with van der Waals surface area (Å²) in [7, 11) is 0. The van der Waals surface area contributed by atoms with Gasteiger partial charge in [-0.1, -0.05) is 0 Å². The summed E-state index contributed by atoms with van der Waals surface area (Å²) in [6.07, 6.45) is 1.86. The SMILES string of the molecule is CCOC(=O)C=Cc1cc(F)cc(F)c1F. The third-order valence-electron chi connectivity index (χ3n) is 1.71. The molecule has 0 amide bonds. The molecule has 0 spiro atoms. The Morgan fingerprint density at radius 2 is 2.06 bits per heavy atom. The van der Waals surface area contributed by atoms with Gasteiger partial charge >= 0.3 is 5.97 Å². The quantitative estimate of drug-likeness (QED) is 0.453. The highest BCUT2D eigenvalue weighted by Crippen LogP contribution is 2.15. The second kappa shape index (κ2) is 5.34. The standard InChI is InChI=1S/C11H9F3O2/c1-2-16-10(15)4-3-7-5-8(12)6-9(13)11(7)14/h3-6H,2H2,1H3. The normalized spacial score (nSPS) is 10.8. The van der Waals surface area contributed by atoms with Crippen LogP contribution in [0, 0.1) is 17.5 Å². The van der Waals surface area contributed by atoms with Crippen molar-refractivity contribution in [3.63, 3.8) is 0 Å². The van der Waals surface area contributed by atoms with E-state index < -0.39 is 23.4 Å². The first-order chi connectivity index (χ1) is 7.54. The lowest BCUT2D eigenvalue weighted by Crippen LogP contribution is -1.99. The summed E-state index contributed by atoms with van der Waals surface area (Å²) in [5.74, 6) is -4.13. The van der Waals surface area contributed by atoms with Crippen molar-refractivity contribution in [1.82, 2.24) is 0 Å². The Bertz CT molecular complexity index is 427. The molecule has 0 heterocycles. The first kappa shape index (κ1) is 12.3. The van der Waals surface area contributed by atoms with Gasteiger partial charge < -0.3 is 4.74 Å². The van der Waals surface area contributed by atoms with Gasteiger partial charge in [0.2, 0.25) is 0 Å². The molecule has 0 aliphatic rings. The van der Waals surface area contributed by atoms with Crippen LogP contribution >= 0.6 is 0 Å². The van der Waals surface area contributed by atoms with Crippen molar-refractivity contribution < 1.29 is 22.7 Å². The summed E-state index contributed by atoms with van der Waals surface area (Å²) in [5.41, 5.74) is -0.342. The average Bonchev–Trinajstić information content (AvgIpc) is 2.21. The Balaban J connectivity index is 2.93. The van der Waals surface area contributed by atoms with Gasteiger partial charge in [-0.2, -0.15) is 0 Å². The maximum absolute atomic E-state index is 13.1. The van der Waals surface area contributed by atoms with Crippen LogP contribution in [0.1, 0.15) is 12.5 Å². The van der Waals surface area contributed by atoms with Crippen LogP contribution in [0.2, 0.25) is 0 Å². The number of halogens is 3. The minimum Gasteiger partial charge on any atom is -0.463 e. The molecular formula is C11H9F3O2. The van der Waals surface area contributed by atoms with Crippen LogP contribution in [0.5, 0.6) is 0 Å². The van der Waals surface area contributed by atoms with Gasteiger partial charge in [0, 0.05) is 17.7 Å². The van der Waals surface area contributed by atoms with Gasteiger partial charge in [-0.3, -0.25) is 0 Å². The molecule has 1 rings (SSSR count). The number of ether oxygens (including phenoxy) is 1. The van der Waals surface area contributed by atoms with E-state index in [0.717, 1.165) is 18.2 Å². The number of carbonyl (C=O) groups excluding carboxylic acids is 1. The molecule has 0 bridgehead atoms. The number of rotatable bonds is 3. The molecule has 0 saturated heterocycles. The second-order valence-electron chi connectivity index (χ2n) is 2.88. The highest BCUT2D eigenvalue weighted by Gasteiger charge is 2.08. The topological polar surface area (TPSA) is 26.3 Å². The van der Waals surface area contributed by atoms with Gasteiger partial charge in [0.05, 0.1) is 6.61 Å². The van der Waals surface area contributed by atoms with Gasteiger partial charge in [-0.05, 0) is 19.1 Å². The molecule has 1 aromatic rings. The van der Waals surface area contributed by atoms with Crippen molar-refractivity contribution in [3.05, 3.63) is 41.2 Å². The van der Waals surface area contributed by atoms with Crippen molar-refractivity contribution in [2.75, 3.05) is 6.61 Å². The Kier molecular flexibility index (Phi) is 4.10. The zero-order chi connectivity index (χ0) is 12.1. The predicted molar refractivity (Wildman–Crippen MR) is 52.0 cm³/mol. The molecule has 0 atom stereocenters. The van der Waals surface area contributed by atoms with Crippen LogP contribution < -0.4 is 0 Å². The maximum atomic E-state index is 13.1. The Morgan fingerprint density at radius 3 is 2.69 bits per heavy atom. The fourth-order valence-electron chi connectivity index (χ4n) is 1.05. The van der Waals surface area contributed by atoms with E-state index in [9.17, 15) is 18.0 Å². The number of carbonyl (C=O) groups is 1. The molecule has 0 N–H and O–H groups in total. The lowest BCUT2D eigenvalue weighted by atomic mass is 10.2. The van der Waals surface area contributed by atoms with E-state index in [2.05, 4.69) is 4.74 Å². The summed E-state index contributed by atoms with van der Waals surface area (Å²) in [4.78, 5) is 10.9. The third kappa shape index (κ3) is 3.12. The van der Waals surface area contributed by atoms with Crippen LogP contribution in [-0.4, -0.2) is 12.6 Å². The lowest BCUT2D eigenvalue weighted by Gasteiger charge is -1.99. The highest BCUT2D eigenvalue weighted by molar-refractivity contribution is 5.87. The van der Waals surface area contributed by atoms with Crippen LogP contribution in [0.25, 0.3) is 6.08 Å². The maximum Gasteiger partial charge on any atom is 0.330 e. The molecule has 0 aliphatic heterocycles. The largest absolute Gasteiger partial charge is 0.463 e. The van der Waals surface area contributed by atoms with E-state index >= 15 is 0 Å². The average molecular weight is 230 g/mol. The second-order valence-corrected chi connectivity index (χ2v) is 2.88. The molecule has 1 aromatic carbocycles. The summed E-state index contributed by atoms with van der Waals surface area (Å²) < 4.78 is 43.1. The molecule has 0 aromatic heterocycles. The molecule has 0 unspecified atom stereocenters. The first-order valence-corrected chi connectivity index (χ1v) is 4.54. The molecule has 0 aliphatic carbocycles. The first-order valence-electron chi connectivity index (χ1n) is 4.54. The minimum absolute atomic E-state index is 0.170. The van der Waals surface area contributed by atoms with Gasteiger partial charge in [-0.15, -0.1) is 0 Å². The van der Waals surface area contributed by atoms with Crippen LogP contribution in [0.15, 0.2) is 18.2 Å². The van der Waals surface area contributed by atoms with E-state index in [1.165, 1.54) is 0 Å². The molecule has 5 heteroatoms. The van der Waals surface area contributed by atoms with Crippen molar-refractivity contribution in [2.45, 2.75) is 6.92 Å². The molecule has 0 saturated carbocycles. The lowest BCUT2D eigenvalue weighted by molar-refractivity contribution is -0.137. The fourth-order valence-corrected chi connectivity index (χ4v) is 1.05. The van der Waals surface area contributed by atoms with Crippen molar-refractivity contribution in [2.24, 2.45) is 0 Å². The van der Waals surface area contributed by atoms with Crippen LogP contribution in [-0.2, 0) is 9.53 Å². The summed E-state index contributed by atoms with van der Waals surface area (Å²) in [5, 5.41) is 0. The highest BCUT2D eigenvalue weighted by atomic mass is 19.2. The van der Waals surface area contributed by atoms with Gasteiger partial charge in [0.25, 0.3) is 0 Å². The van der Waals surface area contributed by atoms with Crippen molar-refractivity contribution >= 4 is 12.0 Å². The Morgan fingerprint density at radius 1 is 1.38 bits per heavy atom.